The Morgan fingerprint density at radius 3 is 2.58 bits per heavy atom. The normalized spacial score (nSPS) is 11.2. The van der Waals surface area contributed by atoms with Crippen molar-refractivity contribution in [2.75, 3.05) is 5.75 Å². The van der Waals surface area contributed by atoms with Crippen molar-refractivity contribution in [2.45, 2.75) is 5.16 Å². The largest absolute Gasteiger partial charge is 0.350 e. The van der Waals surface area contributed by atoms with Gasteiger partial charge in [0.1, 0.15) is 0 Å². The van der Waals surface area contributed by atoms with Gasteiger partial charge in [-0.25, -0.2) is 5.43 Å². The minimum atomic E-state index is -0.234. The predicted molar refractivity (Wildman–Crippen MR) is 124 cm³/mol. The number of nitrogens with one attached hydrogen (secondary N) is 1. The van der Waals surface area contributed by atoms with E-state index in [1.165, 1.54) is 11.8 Å². The highest BCUT2D eigenvalue weighted by atomic mass is 35.5. The molecule has 0 unspecified atom stereocenters. The quantitative estimate of drug-likeness (QED) is 0.260. The van der Waals surface area contributed by atoms with Crippen LogP contribution in [0.5, 0.6) is 0 Å². The summed E-state index contributed by atoms with van der Waals surface area (Å²) in [6.07, 6.45) is 3.51. The number of hydrogen-bond acceptors (Lipinski definition) is 5. The lowest BCUT2D eigenvalue weighted by molar-refractivity contribution is -0.118. The molecule has 0 atom stereocenters. The molecule has 7 nitrogen and oxygen atoms in total. The number of hydrazone groups is 1. The molecule has 0 bridgehead atoms. The van der Waals surface area contributed by atoms with Crippen molar-refractivity contribution >= 4 is 35.5 Å². The Morgan fingerprint density at radius 1 is 1.10 bits per heavy atom. The first-order chi connectivity index (χ1) is 15.1. The van der Waals surface area contributed by atoms with Crippen molar-refractivity contribution in [3.8, 4) is 17.1 Å². The second-order valence-electron chi connectivity index (χ2n) is 6.61. The summed E-state index contributed by atoms with van der Waals surface area (Å²) in [7, 11) is 1.91. The van der Waals surface area contributed by atoms with Crippen molar-refractivity contribution < 1.29 is 4.79 Å². The van der Waals surface area contributed by atoms with Crippen LogP contribution in [0.2, 0.25) is 5.02 Å². The number of thioether (sulfide) groups is 1. The van der Waals surface area contributed by atoms with Gasteiger partial charge in [0.25, 0.3) is 5.91 Å². The summed E-state index contributed by atoms with van der Waals surface area (Å²) in [5.41, 5.74) is 5.22. The summed E-state index contributed by atoms with van der Waals surface area (Å²) >= 11 is 7.34. The van der Waals surface area contributed by atoms with E-state index in [1.54, 1.807) is 6.21 Å². The van der Waals surface area contributed by atoms with Crippen molar-refractivity contribution in [1.29, 1.82) is 0 Å². The molecular formula is C22H19ClN6OS. The van der Waals surface area contributed by atoms with E-state index < -0.39 is 0 Å². The Hall–Kier alpha value is -3.36. The van der Waals surface area contributed by atoms with E-state index in [4.69, 9.17) is 11.6 Å². The zero-order valence-electron chi connectivity index (χ0n) is 16.6. The average Bonchev–Trinajstić information content (AvgIpc) is 3.40. The number of halogens is 1. The predicted octanol–water partition coefficient (Wildman–Crippen LogP) is 4.17. The topological polar surface area (TPSA) is 77.1 Å². The first-order valence-corrected chi connectivity index (χ1v) is 10.8. The van der Waals surface area contributed by atoms with Crippen molar-refractivity contribution in [1.82, 2.24) is 24.8 Å². The summed E-state index contributed by atoms with van der Waals surface area (Å²) in [4.78, 5) is 12.3. The standard InChI is InChI=1S/C22H19ClN6OS/c1-28-13-5-8-19(28)14-24-25-20(30)15-31-22-27-26-21(16-6-3-2-4-7-16)29(22)18-11-9-17(23)10-12-18/h2-14H,15H2,1H3,(H,25,30)/b24-14-. The Bertz CT molecular complexity index is 1200. The van der Waals surface area contributed by atoms with Crippen LogP contribution in [-0.2, 0) is 11.8 Å². The maximum Gasteiger partial charge on any atom is 0.250 e. The van der Waals surface area contributed by atoms with Crippen molar-refractivity contribution in [2.24, 2.45) is 12.1 Å². The van der Waals surface area contributed by atoms with Crippen molar-refractivity contribution in [3.05, 3.63) is 83.6 Å². The average molecular weight is 451 g/mol. The minimum absolute atomic E-state index is 0.144. The molecule has 2 aromatic heterocycles. The summed E-state index contributed by atoms with van der Waals surface area (Å²) in [6, 6.07) is 21.0. The van der Waals surface area contributed by atoms with Gasteiger partial charge in [-0.3, -0.25) is 9.36 Å². The number of aryl methyl sites for hydroxylation is 1. The zero-order chi connectivity index (χ0) is 21.6. The maximum atomic E-state index is 12.3. The van der Waals surface area contributed by atoms with E-state index in [0.29, 0.717) is 16.0 Å². The molecule has 0 spiro atoms. The van der Waals surface area contributed by atoms with Gasteiger partial charge in [-0.1, -0.05) is 53.7 Å². The second kappa shape index (κ2) is 9.63. The molecule has 0 fully saturated rings. The summed E-state index contributed by atoms with van der Waals surface area (Å²) < 4.78 is 3.82. The molecule has 0 radical (unpaired) electrons. The first kappa shape index (κ1) is 20.9. The SMILES string of the molecule is Cn1cccc1/C=N\NC(=O)CSc1nnc(-c2ccccc2)n1-c1ccc(Cl)cc1. The zero-order valence-corrected chi connectivity index (χ0v) is 18.2. The van der Waals surface area contributed by atoms with Crippen LogP contribution in [0.15, 0.2) is 83.2 Å². The maximum absolute atomic E-state index is 12.3. The van der Waals surface area contributed by atoms with Crippen LogP contribution in [0.25, 0.3) is 17.1 Å². The number of rotatable bonds is 7. The van der Waals surface area contributed by atoms with Gasteiger partial charge in [-0.15, -0.1) is 10.2 Å². The number of amides is 1. The van der Waals surface area contributed by atoms with Gasteiger partial charge in [-0.2, -0.15) is 5.10 Å². The molecule has 156 valence electrons. The van der Waals surface area contributed by atoms with Crippen LogP contribution in [0.1, 0.15) is 5.69 Å². The van der Waals surface area contributed by atoms with Crippen LogP contribution >= 0.6 is 23.4 Å². The number of hydrogen-bond donors (Lipinski definition) is 1. The minimum Gasteiger partial charge on any atom is -0.350 e. The van der Waals surface area contributed by atoms with E-state index in [2.05, 4.69) is 20.7 Å². The molecule has 4 aromatic rings. The molecule has 2 aromatic carbocycles. The molecular weight excluding hydrogens is 432 g/mol. The summed E-state index contributed by atoms with van der Waals surface area (Å²) in [5.74, 6) is 0.597. The van der Waals surface area contributed by atoms with E-state index >= 15 is 0 Å². The molecule has 2 heterocycles. The van der Waals surface area contributed by atoms with Gasteiger partial charge in [0.15, 0.2) is 11.0 Å². The molecule has 0 saturated heterocycles. The lowest BCUT2D eigenvalue weighted by atomic mass is 10.2. The lowest BCUT2D eigenvalue weighted by Gasteiger charge is -2.10. The number of carbonyl (C=O) groups is 1. The van der Waals surface area contributed by atoms with E-state index in [1.807, 2.05) is 89.1 Å². The molecule has 1 N–H and O–H groups in total. The molecule has 9 heteroatoms. The van der Waals surface area contributed by atoms with Gasteiger partial charge in [0, 0.05) is 29.5 Å². The third-order valence-electron chi connectivity index (χ3n) is 4.45. The third kappa shape index (κ3) is 5.04. The lowest BCUT2D eigenvalue weighted by Crippen LogP contribution is -2.20. The highest BCUT2D eigenvalue weighted by Gasteiger charge is 2.17. The number of nitrogens with zero attached hydrogens (tertiary/aromatic N) is 5. The van der Waals surface area contributed by atoms with Crippen LogP contribution in [0, 0.1) is 0 Å². The molecule has 0 aliphatic rings. The Balaban J connectivity index is 1.52. The fourth-order valence-corrected chi connectivity index (χ4v) is 3.77. The smallest absolute Gasteiger partial charge is 0.250 e. The van der Waals surface area contributed by atoms with E-state index in [9.17, 15) is 4.79 Å². The van der Waals surface area contributed by atoms with Gasteiger partial charge >= 0.3 is 0 Å². The summed E-state index contributed by atoms with van der Waals surface area (Å²) in [5, 5.41) is 13.9. The molecule has 0 aliphatic carbocycles. The Labute approximate surface area is 188 Å². The second-order valence-corrected chi connectivity index (χ2v) is 7.99. The highest BCUT2D eigenvalue weighted by Crippen LogP contribution is 2.28. The van der Waals surface area contributed by atoms with Crippen LogP contribution in [-0.4, -0.2) is 37.2 Å². The van der Waals surface area contributed by atoms with Gasteiger partial charge in [0.2, 0.25) is 0 Å². The van der Waals surface area contributed by atoms with Gasteiger partial charge < -0.3 is 4.57 Å². The number of benzene rings is 2. The van der Waals surface area contributed by atoms with E-state index in [-0.39, 0.29) is 11.7 Å². The monoisotopic (exact) mass is 450 g/mol. The molecule has 1 amide bonds. The third-order valence-corrected chi connectivity index (χ3v) is 5.63. The number of carbonyl (C=O) groups excluding carboxylic acids is 1. The summed E-state index contributed by atoms with van der Waals surface area (Å²) in [6.45, 7) is 0. The first-order valence-electron chi connectivity index (χ1n) is 9.44. The van der Waals surface area contributed by atoms with E-state index in [0.717, 1.165) is 16.9 Å². The highest BCUT2D eigenvalue weighted by molar-refractivity contribution is 7.99. The molecule has 4 rings (SSSR count). The van der Waals surface area contributed by atoms with Crippen LogP contribution in [0.3, 0.4) is 0 Å². The fourth-order valence-electron chi connectivity index (χ4n) is 2.90. The molecule has 31 heavy (non-hydrogen) atoms. The number of aromatic nitrogens is 4. The fraction of sp³-hybridized carbons (Fsp3) is 0.0909. The van der Waals surface area contributed by atoms with Crippen LogP contribution < -0.4 is 5.43 Å². The van der Waals surface area contributed by atoms with Gasteiger partial charge in [-0.05, 0) is 36.4 Å². The van der Waals surface area contributed by atoms with Crippen molar-refractivity contribution in [3.63, 3.8) is 0 Å². The van der Waals surface area contributed by atoms with Crippen LogP contribution in [0.4, 0.5) is 0 Å². The molecule has 0 aliphatic heterocycles. The Kier molecular flexibility index (Phi) is 6.49. The Morgan fingerprint density at radius 2 is 1.87 bits per heavy atom. The van der Waals surface area contributed by atoms with Gasteiger partial charge in [0.05, 0.1) is 17.7 Å². The molecule has 0 saturated carbocycles.